The van der Waals surface area contributed by atoms with Gasteiger partial charge < -0.3 is 10.4 Å². The molecule has 0 unspecified atom stereocenters. The van der Waals surface area contributed by atoms with Crippen LogP contribution in [0.2, 0.25) is 0 Å². The number of aliphatic carboxylic acids is 1. The van der Waals surface area contributed by atoms with Crippen molar-refractivity contribution in [3.05, 3.63) is 23.7 Å². The monoisotopic (exact) mass is 278 g/mol. The van der Waals surface area contributed by atoms with Crippen LogP contribution in [0, 0.1) is 23.2 Å². The maximum absolute atomic E-state index is 12.4. The minimum absolute atomic E-state index is 0.0195. The van der Waals surface area contributed by atoms with Gasteiger partial charge in [0.15, 0.2) is 5.13 Å². The quantitative estimate of drug-likeness (QED) is 0.829. The molecular formula is C13H14N2O3S. The minimum atomic E-state index is -1.01. The van der Waals surface area contributed by atoms with Gasteiger partial charge >= 0.3 is 5.97 Å². The number of anilines is 1. The fourth-order valence-corrected chi connectivity index (χ4v) is 3.85. The van der Waals surface area contributed by atoms with Gasteiger partial charge in [0, 0.05) is 11.6 Å². The summed E-state index contributed by atoms with van der Waals surface area (Å²) in [5, 5.41) is 14.5. The largest absolute Gasteiger partial charge is 0.481 e. The second kappa shape index (κ2) is 4.16. The molecule has 3 rings (SSSR count). The number of carbonyl (C=O) groups excluding carboxylic acids is 1. The summed E-state index contributed by atoms with van der Waals surface area (Å²) in [4.78, 5) is 28.0. The Kier molecular flexibility index (Phi) is 2.70. The second-order valence-corrected chi connectivity index (χ2v) is 6.18. The Hall–Kier alpha value is -1.69. The van der Waals surface area contributed by atoms with Crippen molar-refractivity contribution < 1.29 is 14.7 Å². The van der Waals surface area contributed by atoms with E-state index in [4.69, 9.17) is 0 Å². The lowest BCUT2D eigenvalue weighted by atomic mass is 9.69. The number of aromatic nitrogens is 1. The van der Waals surface area contributed by atoms with Crippen molar-refractivity contribution in [2.75, 3.05) is 5.32 Å². The second-order valence-electron chi connectivity index (χ2n) is 5.28. The molecule has 2 N–H and O–H groups in total. The van der Waals surface area contributed by atoms with E-state index in [1.54, 1.807) is 18.5 Å². The molecule has 19 heavy (non-hydrogen) atoms. The first-order valence-electron chi connectivity index (χ1n) is 6.15. The van der Waals surface area contributed by atoms with Crippen LogP contribution in [-0.4, -0.2) is 22.0 Å². The molecule has 2 bridgehead atoms. The smallest absolute Gasteiger partial charge is 0.310 e. The van der Waals surface area contributed by atoms with Crippen molar-refractivity contribution in [3.8, 4) is 0 Å². The molecule has 2 aliphatic carbocycles. The number of carboxylic acids is 1. The van der Waals surface area contributed by atoms with Crippen LogP contribution in [0.5, 0.6) is 0 Å². The van der Waals surface area contributed by atoms with Crippen LogP contribution < -0.4 is 5.32 Å². The number of carbonyl (C=O) groups is 2. The number of hydrogen-bond donors (Lipinski definition) is 2. The van der Waals surface area contributed by atoms with E-state index < -0.39 is 17.3 Å². The lowest BCUT2D eigenvalue weighted by Gasteiger charge is -2.33. The molecule has 0 aromatic carbocycles. The Bertz CT molecular complexity index is 554. The summed E-state index contributed by atoms with van der Waals surface area (Å²) >= 11 is 1.33. The summed E-state index contributed by atoms with van der Waals surface area (Å²) in [6.45, 7) is 1.68. The Morgan fingerprint density at radius 1 is 1.53 bits per heavy atom. The zero-order chi connectivity index (χ0) is 13.6. The molecule has 4 atom stereocenters. The maximum Gasteiger partial charge on any atom is 0.310 e. The van der Waals surface area contributed by atoms with Crippen LogP contribution in [0.1, 0.15) is 13.3 Å². The van der Waals surface area contributed by atoms with Crippen molar-refractivity contribution >= 4 is 28.3 Å². The molecule has 100 valence electrons. The summed E-state index contributed by atoms with van der Waals surface area (Å²) in [5.74, 6) is -1.70. The molecule has 1 fully saturated rings. The maximum atomic E-state index is 12.4. The highest BCUT2D eigenvalue weighted by Crippen LogP contribution is 2.56. The standard InChI is InChI=1S/C13H14N2O3S/c1-13(11(17)18)8-3-2-7(6-8)9(13)10(16)15-12-14-4-5-19-12/h2-5,7-9H,6H2,1H3,(H,17,18)(H,14,15,16)/t7-,8-,9-,13+/m1/s1. The normalized spacial score (nSPS) is 35.5. The Labute approximate surface area is 114 Å². The molecule has 5 nitrogen and oxygen atoms in total. The summed E-state index contributed by atoms with van der Waals surface area (Å²) in [6.07, 6.45) is 6.27. The van der Waals surface area contributed by atoms with Crippen LogP contribution in [0.15, 0.2) is 23.7 Å². The zero-order valence-electron chi connectivity index (χ0n) is 10.4. The van der Waals surface area contributed by atoms with Gasteiger partial charge in [-0.1, -0.05) is 12.2 Å². The molecule has 1 aromatic rings. The van der Waals surface area contributed by atoms with Crippen LogP contribution in [0.4, 0.5) is 5.13 Å². The van der Waals surface area contributed by atoms with Crippen molar-refractivity contribution in [1.82, 2.24) is 4.98 Å². The molecule has 1 amide bonds. The number of carboxylic acid groups (broad SMARTS) is 1. The molecule has 0 radical (unpaired) electrons. The van der Waals surface area contributed by atoms with Gasteiger partial charge in [-0.05, 0) is 25.2 Å². The molecule has 0 aliphatic heterocycles. The molecule has 1 aromatic heterocycles. The van der Waals surface area contributed by atoms with E-state index >= 15 is 0 Å². The average molecular weight is 278 g/mol. The molecule has 0 saturated heterocycles. The van der Waals surface area contributed by atoms with E-state index in [-0.39, 0.29) is 17.7 Å². The van der Waals surface area contributed by atoms with E-state index in [1.165, 1.54) is 11.3 Å². The highest BCUT2D eigenvalue weighted by Gasteiger charge is 2.60. The summed E-state index contributed by atoms with van der Waals surface area (Å²) in [7, 11) is 0. The van der Waals surface area contributed by atoms with Crippen molar-refractivity contribution in [2.24, 2.45) is 23.2 Å². The number of rotatable bonds is 3. The van der Waals surface area contributed by atoms with E-state index in [2.05, 4.69) is 10.3 Å². The highest BCUT2D eigenvalue weighted by molar-refractivity contribution is 7.13. The van der Waals surface area contributed by atoms with E-state index in [0.29, 0.717) is 5.13 Å². The molecule has 6 heteroatoms. The van der Waals surface area contributed by atoms with Crippen LogP contribution in [-0.2, 0) is 9.59 Å². The highest BCUT2D eigenvalue weighted by atomic mass is 32.1. The lowest BCUT2D eigenvalue weighted by molar-refractivity contribution is -0.155. The summed E-state index contributed by atoms with van der Waals surface area (Å²) in [5.41, 5.74) is -1.01. The number of fused-ring (bicyclic) bond motifs is 2. The van der Waals surface area contributed by atoms with Gasteiger partial charge in [-0.15, -0.1) is 11.3 Å². The number of nitrogens with zero attached hydrogens (tertiary/aromatic N) is 1. The van der Waals surface area contributed by atoms with E-state index in [0.717, 1.165) is 6.42 Å². The lowest BCUT2D eigenvalue weighted by Crippen LogP contribution is -2.45. The number of hydrogen-bond acceptors (Lipinski definition) is 4. The first kappa shape index (κ1) is 12.3. The Morgan fingerprint density at radius 2 is 2.32 bits per heavy atom. The number of allylic oxidation sites excluding steroid dienone is 2. The predicted octanol–water partition coefficient (Wildman–Crippen LogP) is 1.99. The van der Waals surface area contributed by atoms with Gasteiger partial charge in [-0.25, -0.2) is 4.98 Å². The van der Waals surface area contributed by atoms with Crippen molar-refractivity contribution in [2.45, 2.75) is 13.3 Å². The molecule has 2 aliphatic rings. The molecule has 1 saturated carbocycles. The fourth-order valence-electron chi connectivity index (χ4n) is 3.32. The Balaban J connectivity index is 1.88. The third-order valence-electron chi connectivity index (χ3n) is 4.37. The Morgan fingerprint density at radius 3 is 2.95 bits per heavy atom. The molecule has 1 heterocycles. The predicted molar refractivity (Wildman–Crippen MR) is 70.7 cm³/mol. The third kappa shape index (κ3) is 1.70. The fraction of sp³-hybridized carbons (Fsp3) is 0.462. The number of thiazole rings is 1. The van der Waals surface area contributed by atoms with Gasteiger partial charge in [0.2, 0.25) is 5.91 Å². The molecule has 0 spiro atoms. The van der Waals surface area contributed by atoms with Gasteiger partial charge in [-0.2, -0.15) is 0 Å². The van der Waals surface area contributed by atoms with Crippen molar-refractivity contribution in [3.63, 3.8) is 0 Å². The summed E-state index contributed by atoms with van der Waals surface area (Å²) < 4.78 is 0. The van der Waals surface area contributed by atoms with Gasteiger partial charge in [-0.3, -0.25) is 9.59 Å². The average Bonchev–Trinajstić information content (AvgIpc) is 3.03. The van der Waals surface area contributed by atoms with Gasteiger partial charge in [0.1, 0.15) is 0 Å². The SMILES string of the molecule is C[C@]1(C(=O)O)[C@@H]2C=C[C@H](C2)[C@@H]1C(=O)Nc1nccs1. The van der Waals surface area contributed by atoms with Gasteiger partial charge in [0.25, 0.3) is 0 Å². The summed E-state index contributed by atoms with van der Waals surface area (Å²) in [6, 6.07) is 0. The zero-order valence-corrected chi connectivity index (χ0v) is 11.2. The first-order chi connectivity index (χ1) is 9.03. The number of nitrogens with one attached hydrogen (secondary N) is 1. The van der Waals surface area contributed by atoms with Crippen LogP contribution >= 0.6 is 11.3 Å². The molecular weight excluding hydrogens is 264 g/mol. The van der Waals surface area contributed by atoms with E-state index in [1.807, 2.05) is 12.2 Å². The first-order valence-corrected chi connectivity index (χ1v) is 7.03. The van der Waals surface area contributed by atoms with Gasteiger partial charge in [0.05, 0.1) is 11.3 Å². The topological polar surface area (TPSA) is 79.3 Å². The van der Waals surface area contributed by atoms with Crippen LogP contribution in [0.3, 0.4) is 0 Å². The van der Waals surface area contributed by atoms with E-state index in [9.17, 15) is 14.7 Å². The number of amides is 1. The van der Waals surface area contributed by atoms with Crippen LogP contribution in [0.25, 0.3) is 0 Å². The van der Waals surface area contributed by atoms with Crippen molar-refractivity contribution in [1.29, 1.82) is 0 Å². The third-order valence-corrected chi connectivity index (χ3v) is 5.06. The minimum Gasteiger partial charge on any atom is -0.481 e.